The zero-order valence-corrected chi connectivity index (χ0v) is 15.2. The zero-order chi connectivity index (χ0) is 17.5. The Morgan fingerprint density at radius 1 is 1.12 bits per heavy atom. The molecule has 1 heterocycles. The van der Waals surface area contributed by atoms with E-state index in [1.807, 2.05) is 32.0 Å². The number of halogens is 1. The molecule has 0 amide bonds. The zero-order valence-electron chi connectivity index (χ0n) is 13.6. The van der Waals surface area contributed by atoms with E-state index in [-0.39, 0.29) is 5.69 Å². The molecule has 1 atom stereocenters. The number of carbonyl (C=O) groups excluding carboxylic acids is 1. The number of hydrogen-bond donors (Lipinski definition) is 1. The molecule has 124 valence electrons. The summed E-state index contributed by atoms with van der Waals surface area (Å²) >= 11 is 6.10. The Bertz CT molecular complexity index is 973. The second kappa shape index (κ2) is 6.21. The summed E-state index contributed by atoms with van der Waals surface area (Å²) in [6, 6.07) is 10.8. The van der Waals surface area contributed by atoms with Crippen molar-refractivity contribution in [3.05, 3.63) is 58.2 Å². The maximum Gasteiger partial charge on any atom is 0.263 e. The van der Waals surface area contributed by atoms with Gasteiger partial charge in [-0.15, -0.1) is 0 Å². The predicted molar refractivity (Wildman–Crippen MR) is 98.5 cm³/mol. The molecular weight excluding hydrogens is 345 g/mol. The first-order valence-corrected chi connectivity index (χ1v) is 9.41. The Morgan fingerprint density at radius 2 is 1.79 bits per heavy atom. The monoisotopic (exact) mass is 361 g/mol. The highest BCUT2D eigenvalue weighted by Gasteiger charge is 2.34. The van der Waals surface area contributed by atoms with Crippen molar-refractivity contribution in [3.63, 3.8) is 0 Å². The van der Waals surface area contributed by atoms with Crippen LogP contribution in [0.25, 0.3) is 10.9 Å². The molecule has 1 N–H and O–H groups in total. The maximum atomic E-state index is 13.8. The van der Waals surface area contributed by atoms with E-state index in [1.54, 1.807) is 18.2 Å². The number of nitrogens with one attached hydrogen (secondary N) is 1. The second-order valence-corrected chi connectivity index (χ2v) is 8.64. The van der Waals surface area contributed by atoms with E-state index in [4.69, 9.17) is 16.1 Å². The van der Waals surface area contributed by atoms with Crippen LogP contribution in [0, 0.1) is 13.8 Å². The molecule has 0 aliphatic heterocycles. The van der Waals surface area contributed by atoms with E-state index < -0.39 is 7.37 Å². The molecule has 1 aromatic heterocycles. The number of fused-ring (bicyclic) bond motifs is 1. The molecule has 0 radical (unpaired) electrons. The van der Waals surface area contributed by atoms with Crippen LogP contribution in [-0.4, -0.2) is 18.4 Å². The minimum atomic E-state index is -3.45. The number of aromatic nitrogens is 1. The van der Waals surface area contributed by atoms with Crippen molar-refractivity contribution >= 4 is 46.8 Å². The highest BCUT2D eigenvalue weighted by molar-refractivity contribution is 7.75. The molecule has 24 heavy (non-hydrogen) atoms. The van der Waals surface area contributed by atoms with Gasteiger partial charge in [-0.1, -0.05) is 28.8 Å². The Balaban J connectivity index is 2.39. The maximum absolute atomic E-state index is 13.8. The lowest BCUT2D eigenvalue weighted by molar-refractivity contribution is 0.112. The summed E-state index contributed by atoms with van der Waals surface area (Å²) in [6.07, 6.45) is 0.664. The topological polar surface area (TPSA) is 59.2 Å². The number of benzene rings is 2. The summed E-state index contributed by atoms with van der Waals surface area (Å²) in [4.78, 5) is 14.6. The summed E-state index contributed by atoms with van der Waals surface area (Å²) < 4.78 is 19.3. The molecule has 0 bridgehead atoms. The Kier molecular flexibility index (Phi) is 4.39. The van der Waals surface area contributed by atoms with Crippen molar-refractivity contribution < 1.29 is 13.9 Å². The van der Waals surface area contributed by atoms with Crippen LogP contribution in [0.15, 0.2) is 36.4 Å². The first-order valence-electron chi connectivity index (χ1n) is 7.40. The molecule has 6 heteroatoms. The molecule has 0 aliphatic rings. The van der Waals surface area contributed by atoms with Crippen LogP contribution < -0.4 is 10.6 Å². The molecular formula is C18H17ClNO3P. The fourth-order valence-electron chi connectivity index (χ4n) is 3.02. The lowest BCUT2D eigenvalue weighted by Crippen LogP contribution is -2.20. The van der Waals surface area contributed by atoms with Crippen molar-refractivity contribution in [2.75, 3.05) is 7.11 Å². The van der Waals surface area contributed by atoms with E-state index in [9.17, 15) is 9.36 Å². The van der Waals surface area contributed by atoms with Crippen molar-refractivity contribution in [1.29, 1.82) is 0 Å². The van der Waals surface area contributed by atoms with Gasteiger partial charge >= 0.3 is 0 Å². The fraction of sp³-hybridized carbons (Fsp3) is 0.167. The van der Waals surface area contributed by atoms with Crippen LogP contribution in [-0.2, 0) is 9.09 Å². The second-order valence-electron chi connectivity index (χ2n) is 5.78. The van der Waals surface area contributed by atoms with E-state index in [1.165, 1.54) is 7.11 Å². The Labute approximate surface area is 145 Å². The number of H-pyrrole nitrogens is 1. The van der Waals surface area contributed by atoms with Gasteiger partial charge in [0.25, 0.3) is 7.37 Å². The molecule has 1 unspecified atom stereocenters. The quantitative estimate of drug-likeness (QED) is 0.561. The normalized spacial score (nSPS) is 13.8. The number of aromatic amines is 1. The largest absolute Gasteiger partial charge is 0.352 e. The van der Waals surface area contributed by atoms with Crippen molar-refractivity contribution in [2.24, 2.45) is 0 Å². The van der Waals surface area contributed by atoms with Crippen molar-refractivity contribution in [3.8, 4) is 0 Å². The summed E-state index contributed by atoms with van der Waals surface area (Å²) in [5, 5.41) is 2.06. The third kappa shape index (κ3) is 2.71. The smallest absolute Gasteiger partial charge is 0.263 e. The number of rotatable bonds is 4. The number of hydrogen-bond acceptors (Lipinski definition) is 3. The summed E-state index contributed by atoms with van der Waals surface area (Å²) in [5.74, 6) is 0. The van der Waals surface area contributed by atoms with Crippen LogP contribution in [0.5, 0.6) is 0 Å². The minimum absolute atomic E-state index is 0.247. The van der Waals surface area contributed by atoms with Crippen LogP contribution >= 0.6 is 19.0 Å². The third-order valence-corrected chi connectivity index (χ3v) is 6.73. The molecule has 2 aromatic carbocycles. The van der Waals surface area contributed by atoms with Crippen LogP contribution in [0.3, 0.4) is 0 Å². The molecule has 0 fully saturated rings. The van der Waals surface area contributed by atoms with Gasteiger partial charge in [-0.3, -0.25) is 9.36 Å². The first kappa shape index (κ1) is 17.0. The van der Waals surface area contributed by atoms with Crippen molar-refractivity contribution in [2.45, 2.75) is 13.8 Å². The molecule has 3 aromatic rings. The highest BCUT2D eigenvalue weighted by Crippen LogP contribution is 2.47. The van der Waals surface area contributed by atoms with Gasteiger partial charge in [0.2, 0.25) is 0 Å². The molecule has 0 aliphatic carbocycles. The standard InChI is InChI=1S/C18H17ClNO3P/c1-11-6-12(2)8-14(7-11)24(22,23-3)18-15-9-13(19)4-5-16(15)20-17(18)10-21/h4-10,20H,1-3H3. The molecule has 0 saturated carbocycles. The number of aryl methyl sites for hydroxylation is 2. The van der Waals surface area contributed by atoms with Gasteiger partial charge in [-0.25, -0.2) is 0 Å². The number of aldehydes is 1. The first-order chi connectivity index (χ1) is 11.4. The van der Waals surface area contributed by atoms with Gasteiger partial charge in [0.1, 0.15) is 0 Å². The SMILES string of the molecule is COP(=O)(c1cc(C)cc(C)c1)c1c(C=O)[nH]c2ccc(Cl)cc12. The van der Waals surface area contributed by atoms with Crippen molar-refractivity contribution in [1.82, 2.24) is 4.98 Å². The minimum Gasteiger partial charge on any atom is -0.352 e. The summed E-state index contributed by atoms with van der Waals surface area (Å²) in [7, 11) is -2.05. The van der Waals surface area contributed by atoms with Gasteiger partial charge in [-0.2, -0.15) is 0 Å². The lowest BCUT2D eigenvalue weighted by atomic mass is 10.2. The van der Waals surface area contributed by atoms with Gasteiger partial charge < -0.3 is 9.51 Å². The predicted octanol–water partition coefficient (Wildman–Crippen LogP) is 4.13. The lowest BCUT2D eigenvalue weighted by Gasteiger charge is -2.18. The summed E-state index contributed by atoms with van der Waals surface area (Å²) in [5.41, 5.74) is 2.90. The van der Waals surface area contributed by atoms with Gasteiger partial charge in [0.15, 0.2) is 6.29 Å². The molecule has 0 saturated heterocycles. The fourth-order valence-corrected chi connectivity index (χ4v) is 5.52. The molecule has 0 spiro atoms. The Hall–Kier alpha value is -1.87. The average molecular weight is 362 g/mol. The van der Waals surface area contributed by atoms with Crippen LogP contribution in [0.4, 0.5) is 0 Å². The molecule has 3 rings (SSSR count). The van der Waals surface area contributed by atoms with Gasteiger partial charge in [-0.05, 0) is 44.2 Å². The number of carbonyl (C=O) groups is 1. The Morgan fingerprint density at radius 3 is 2.38 bits per heavy atom. The van der Waals surface area contributed by atoms with Crippen LogP contribution in [0.2, 0.25) is 5.02 Å². The summed E-state index contributed by atoms with van der Waals surface area (Å²) in [6.45, 7) is 3.87. The van der Waals surface area contributed by atoms with E-state index in [2.05, 4.69) is 4.98 Å². The molecule has 4 nitrogen and oxygen atoms in total. The van der Waals surface area contributed by atoms with Gasteiger partial charge in [0.05, 0.1) is 11.0 Å². The third-order valence-electron chi connectivity index (χ3n) is 3.98. The van der Waals surface area contributed by atoms with E-state index >= 15 is 0 Å². The average Bonchev–Trinajstić information content (AvgIpc) is 2.91. The highest BCUT2D eigenvalue weighted by atomic mass is 35.5. The van der Waals surface area contributed by atoms with E-state index in [0.717, 1.165) is 11.1 Å². The van der Waals surface area contributed by atoms with Gasteiger partial charge in [0, 0.05) is 28.3 Å². The van der Waals surface area contributed by atoms with E-state index in [0.29, 0.717) is 32.8 Å². The van der Waals surface area contributed by atoms with Crippen LogP contribution in [0.1, 0.15) is 21.6 Å².